The van der Waals surface area contributed by atoms with Gasteiger partial charge in [-0.15, -0.1) is 11.3 Å². The highest BCUT2D eigenvalue weighted by Crippen LogP contribution is 2.27. The number of rotatable bonds is 3. The van der Waals surface area contributed by atoms with Gasteiger partial charge in [0.15, 0.2) is 0 Å². The van der Waals surface area contributed by atoms with Crippen LogP contribution >= 0.6 is 22.9 Å². The van der Waals surface area contributed by atoms with Gasteiger partial charge in [0, 0.05) is 22.5 Å². The minimum Gasteiger partial charge on any atom is -0.480 e. The smallest absolute Gasteiger partial charge is 0.326 e. The van der Waals surface area contributed by atoms with Crippen LogP contribution in [0.4, 0.5) is 0 Å². The fourth-order valence-corrected chi connectivity index (χ4v) is 3.44. The van der Waals surface area contributed by atoms with Gasteiger partial charge in [-0.3, -0.25) is 4.79 Å². The average molecular weight is 337 g/mol. The van der Waals surface area contributed by atoms with Crippen molar-refractivity contribution in [2.75, 3.05) is 6.54 Å². The largest absolute Gasteiger partial charge is 0.480 e. The highest BCUT2D eigenvalue weighted by molar-refractivity contribution is 7.13. The third kappa shape index (κ3) is 2.84. The standard InChI is InChI=1S/C15H13ClN2O3S/c16-10-5-3-9(4-6-10)13-17-11(8-22-13)14(19)18-7-1-2-12(18)15(20)21/h3-6,8,12H,1-2,7H2,(H,20,21). The summed E-state index contributed by atoms with van der Waals surface area (Å²) in [6.45, 7) is 0.462. The number of halogens is 1. The summed E-state index contributed by atoms with van der Waals surface area (Å²) in [5.41, 5.74) is 1.17. The molecule has 22 heavy (non-hydrogen) atoms. The van der Waals surface area contributed by atoms with Gasteiger partial charge < -0.3 is 10.0 Å². The van der Waals surface area contributed by atoms with Gasteiger partial charge in [0.2, 0.25) is 0 Å². The Labute approximate surface area is 136 Å². The molecule has 0 aliphatic carbocycles. The zero-order valence-corrected chi connectivity index (χ0v) is 13.1. The van der Waals surface area contributed by atoms with Crippen molar-refractivity contribution >= 4 is 34.8 Å². The number of aromatic nitrogens is 1. The zero-order chi connectivity index (χ0) is 15.7. The van der Waals surface area contributed by atoms with E-state index in [-0.39, 0.29) is 5.91 Å². The summed E-state index contributed by atoms with van der Waals surface area (Å²) in [6.07, 6.45) is 1.20. The molecule has 3 rings (SSSR count). The number of hydrogen-bond donors (Lipinski definition) is 1. The number of benzene rings is 1. The van der Waals surface area contributed by atoms with Gasteiger partial charge in [-0.25, -0.2) is 9.78 Å². The molecule has 114 valence electrons. The van der Waals surface area contributed by atoms with Crippen LogP contribution in [0, 0.1) is 0 Å². The van der Waals surface area contributed by atoms with Crippen molar-refractivity contribution < 1.29 is 14.7 Å². The van der Waals surface area contributed by atoms with Crippen LogP contribution < -0.4 is 0 Å². The molecule has 1 N–H and O–H groups in total. The number of likely N-dealkylation sites (tertiary alicyclic amines) is 1. The van der Waals surface area contributed by atoms with E-state index in [0.717, 1.165) is 5.56 Å². The van der Waals surface area contributed by atoms with Crippen molar-refractivity contribution in [1.29, 1.82) is 0 Å². The first-order chi connectivity index (χ1) is 10.6. The molecule has 7 heteroatoms. The maximum absolute atomic E-state index is 12.4. The van der Waals surface area contributed by atoms with Gasteiger partial charge in [0.05, 0.1) is 0 Å². The summed E-state index contributed by atoms with van der Waals surface area (Å²) in [5.74, 6) is -1.28. The van der Waals surface area contributed by atoms with E-state index in [9.17, 15) is 9.59 Å². The molecule has 0 radical (unpaired) electrons. The third-order valence-electron chi connectivity index (χ3n) is 3.61. The predicted molar refractivity (Wildman–Crippen MR) is 84.3 cm³/mol. The molecule has 1 aliphatic heterocycles. The summed E-state index contributed by atoms with van der Waals surface area (Å²) in [4.78, 5) is 29.4. The Bertz CT molecular complexity index is 714. The molecule has 0 saturated carbocycles. The highest BCUT2D eigenvalue weighted by atomic mass is 35.5. The van der Waals surface area contributed by atoms with E-state index in [2.05, 4.69) is 4.98 Å². The molecule has 1 atom stereocenters. The number of carbonyl (C=O) groups excluding carboxylic acids is 1. The Kier molecular flexibility index (Phi) is 4.13. The SMILES string of the molecule is O=C(O)C1CCCN1C(=O)c1csc(-c2ccc(Cl)cc2)n1. The first-order valence-corrected chi connectivity index (χ1v) is 8.07. The van der Waals surface area contributed by atoms with E-state index in [1.165, 1.54) is 16.2 Å². The molecular formula is C15H13ClN2O3S. The van der Waals surface area contributed by atoms with Crippen molar-refractivity contribution in [3.05, 3.63) is 40.4 Å². The fourth-order valence-electron chi connectivity index (χ4n) is 2.51. The first-order valence-electron chi connectivity index (χ1n) is 6.81. The van der Waals surface area contributed by atoms with Crippen LogP contribution in [0.2, 0.25) is 5.02 Å². The maximum Gasteiger partial charge on any atom is 0.326 e. The molecule has 1 saturated heterocycles. The number of amides is 1. The molecule has 2 heterocycles. The Morgan fingerprint density at radius 2 is 2.05 bits per heavy atom. The number of hydrogen-bond acceptors (Lipinski definition) is 4. The lowest BCUT2D eigenvalue weighted by molar-refractivity contribution is -0.141. The molecule has 1 aliphatic rings. The lowest BCUT2D eigenvalue weighted by Gasteiger charge is -2.20. The Balaban J connectivity index is 1.82. The second kappa shape index (κ2) is 6.06. The molecule has 1 amide bonds. The summed E-state index contributed by atoms with van der Waals surface area (Å²) in [7, 11) is 0. The molecule has 1 fully saturated rings. The molecule has 2 aromatic rings. The number of aliphatic carboxylic acids is 1. The highest BCUT2D eigenvalue weighted by Gasteiger charge is 2.35. The van der Waals surface area contributed by atoms with Gasteiger partial charge in [-0.05, 0) is 25.0 Å². The van der Waals surface area contributed by atoms with E-state index in [1.807, 2.05) is 12.1 Å². The molecule has 1 aromatic heterocycles. The van der Waals surface area contributed by atoms with Crippen LogP contribution in [0.25, 0.3) is 10.6 Å². The zero-order valence-electron chi connectivity index (χ0n) is 11.5. The normalized spacial score (nSPS) is 17.7. The monoisotopic (exact) mass is 336 g/mol. The quantitative estimate of drug-likeness (QED) is 0.934. The van der Waals surface area contributed by atoms with Crippen molar-refractivity contribution in [2.45, 2.75) is 18.9 Å². The fraction of sp³-hybridized carbons (Fsp3) is 0.267. The lowest BCUT2D eigenvalue weighted by Crippen LogP contribution is -2.40. The van der Waals surface area contributed by atoms with Gasteiger partial charge in [-0.1, -0.05) is 23.7 Å². The number of carbonyl (C=O) groups is 2. The number of carboxylic acid groups (broad SMARTS) is 1. The first kappa shape index (κ1) is 15.0. The predicted octanol–water partition coefficient (Wildman–Crippen LogP) is 3.15. The van der Waals surface area contributed by atoms with Crippen LogP contribution in [0.1, 0.15) is 23.3 Å². The van der Waals surface area contributed by atoms with E-state index >= 15 is 0 Å². The van der Waals surface area contributed by atoms with Crippen LogP contribution in [-0.4, -0.2) is 39.5 Å². The minimum absolute atomic E-state index is 0.295. The van der Waals surface area contributed by atoms with Crippen LogP contribution in [0.5, 0.6) is 0 Å². The summed E-state index contributed by atoms with van der Waals surface area (Å²) < 4.78 is 0. The van der Waals surface area contributed by atoms with Crippen molar-refractivity contribution in [3.63, 3.8) is 0 Å². The third-order valence-corrected chi connectivity index (χ3v) is 4.76. The summed E-state index contributed by atoms with van der Waals surface area (Å²) in [5, 5.41) is 12.2. The van der Waals surface area contributed by atoms with Crippen LogP contribution in [0.15, 0.2) is 29.6 Å². The number of thiazole rings is 1. The molecule has 1 aromatic carbocycles. The van der Waals surface area contributed by atoms with Gasteiger partial charge in [0.1, 0.15) is 16.7 Å². The lowest BCUT2D eigenvalue weighted by atomic mass is 10.2. The van der Waals surface area contributed by atoms with Crippen molar-refractivity contribution in [2.24, 2.45) is 0 Å². The molecular weight excluding hydrogens is 324 g/mol. The summed E-state index contributed by atoms with van der Waals surface area (Å²) >= 11 is 7.21. The van der Waals surface area contributed by atoms with Crippen LogP contribution in [0.3, 0.4) is 0 Å². The van der Waals surface area contributed by atoms with E-state index < -0.39 is 12.0 Å². The second-order valence-electron chi connectivity index (χ2n) is 5.04. The Hall–Kier alpha value is -1.92. The maximum atomic E-state index is 12.4. The molecule has 5 nitrogen and oxygen atoms in total. The van der Waals surface area contributed by atoms with Gasteiger partial charge >= 0.3 is 5.97 Å². The average Bonchev–Trinajstić information content (AvgIpc) is 3.17. The van der Waals surface area contributed by atoms with Gasteiger partial charge in [0.25, 0.3) is 5.91 Å². The number of carboxylic acids is 1. The number of nitrogens with zero attached hydrogens (tertiary/aromatic N) is 2. The Morgan fingerprint density at radius 3 is 2.73 bits per heavy atom. The summed E-state index contributed by atoms with van der Waals surface area (Å²) in [6, 6.07) is 6.46. The van der Waals surface area contributed by atoms with Crippen molar-refractivity contribution in [3.8, 4) is 10.6 Å². The second-order valence-corrected chi connectivity index (χ2v) is 6.33. The van der Waals surface area contributed by atoms with Gasteiger partial charge in [-0.2, -0.15) is 0 Å². The Morgan fingerprint density at radius 1 is 1.32 bits per heavy atom. The topological polar surface area (TPSA) is 70.5 Å². The van der Waals surface area contributed by atoms with E-state index in [4.69, 9.17) is 16.7 Å². The molecule has 0 spiro atoms. The molecule has 1 unspecified atom stereocenters. The van der Waals surface area contributed by atoms with Crippen LogP contribution in [-0.2, 0) is 4.79 Å². The van der Waals surface area contributed by atoms with E-state index in [1.54, 1.807) is 17.5 Å². The minimum atomic E-state index is -0.959. The van der Waals surface area contributed by atoms with E-state index in [0.29, 0.717) is 35.1 Å². The van der Waals surface area contributed by atoms with Crippen molar-refractivity contribution in [1.82, 2.24) is 9.88 Å². The molecule has 0 bridgehead atoms.